The van der Waals surface area contributed by atoms with Crippen LogP contribution in [-0.4, -0.2) is 6.04 Å². The van der Waals surface area contributed by atoms with E-state index in [9.17, 15) is 4.39 Å². The molecule has 0 aliphatic heterocycles. The van der Waals surface area contributed by atoms with E-state index in [2.05, 4.69) is 0 Å². The average Bonchev–Trinajstić information content (AvgIpc) is 2.76. The molecule has 0 aliphatic rings. The van der Waals surface area contributed by atoms with Crippen LogP contribution in [0.5, 0.6) is 5.75 Å². The second kappa shape index (κ2) is 6.09. The molecule has 0 spiro atoms. The summed E-state index contributed by atoms with van der Waals surface area (Å²) in [7, 11) is 0. The van der Waals surface area contributed by atoms with Gasteiger partial charge in [0, 0.05) is 17.0 Å². The van der Waals surface area contributed by atoms with Crippen LogP contribution < -0.4 is 10.5 Å². The van der Waals surface area contributed by atoms with E-state index in [1.807, 2.05) is 13.0 Å². The van der Waals surface area contributed by atoms with E-state index in [1.165, 1.54) is 29.5 Å². The van der Waals surface area contributed by atoms with E-state index < -0.39 is 5.82 Å². The number of hydrogen-bond donors (Lipinski definition) is 1. The van der Waals surface area contributed by atoms with E-state index in [1.54, 1.807) is 6.07 Å². The second-order valence-electron chi connectivity index (χ2n) is 4.12. The molecular weight excluding hydrogens is 308 g/mol. The highest BCUT2D eigenvalue weighted by Crippen LogP contribution is 2.32. The Balaban J connectivity index is 2.23. The molecule has 1 heterocycles. The third-order valence-corrected chi connectivity index (χ3v) is 4.09. The number of halogens is 3. The van der Waals surface area contributed by atoms with Crippen molar-refractivity contribution < 1.29 is 9.13 Å². The van der Waals surface area contributed by atoms with Crippen molar-refractivity contribution >= 4 is 34.5 Å². The van der Waals surface area contributed by atoms with Gasteiger partial charge < -0.3 is 10.5 Å². The van der Waals surface area contributed by atoms with Crippen LogP contribution in [0.1, 0.15) is 17.9 Å². The van der Waals surface area contributed by atoms with Crippen molar-refractivity contribution in [2.75, 3.05) is 0 Å². The molecule has 2 unspecified atom stereocenters. The van der Waals surface area contributed by atoms with Crippen LogP contribution in [0.3, 0.4) is 0 Å². The zero-order valence-electron chi connectivity index (χ0n) is 10.1. The number of ether oxygens (including phenoxy) is 1. The molecule has 2 atom stereocenters. The van der Waals surface area contributed by atoms with Gasteiger partial charge in [-0.2, -0.15) is 0 Å². The number of benzene rings is 1. The normalized spacial score (nSPS) is 14.2. The van der Waals surface area contributed by atoms with Gasteiger partial charge in [-0.3, -0.25) is 0 Å². The minimum Gasteiger partial charge on any atom is -0.483 e. The molecule has 2 aromatic rings. The number of rotatable bonds is 4. The summed E-state index contributed by atoms with van der Waals surface area (Å²) in [5.41, 5.74) is 5.93. The van der Waals surface area contributed by atoms with Crippen molar-refractivity contribution in [1.82, 2.24) is 0 Å². The smallest absolute Gasteiger partial charge is 0.148 e. The minimum atomic E-state index is -0.481. The van der Waals surface area contributed by atoms with Crippen LogP contribution in [-0.2, 0) is 0 Å². The third kappa shape index (κ3) is 3.60. The second-order valence-corrected chi connectivity index (χ2v) is 6.27. The summed E-state index contributed by atoms with van der Waals surface area (Å²) in [5, 5.41) is 0.0186. The van der Waals surface area contributed by atoms with Crippen molar-refractivity contribution in [3.05, 3.63) is 50.4 Å². The fourth-order valence-corrected chi connectivity index (χ4v) is 2.98. The standard InChI is InChI=1S/C13H12Cl2FNOS/c1-7(17)13(11-4-5-12(15)19-11)18-8-2-3-10(16)9(14)6-8/h2-7,13H,17H2,1H3. The lowest BCUT2D eigenvalue weighted by molar-refractivity contribution is 0.184. The Morgan fingerprint density at radius 1 is 1.26 bits per heavy atom. The Morgan fingerprint density at radius 3 is 2.53 bits per heavy atom. The molecule has 0 amide bonds. The minimum absolute atomic E-state index is 0.0186. The van der Waals surface area contributed by atoms with Crippen LogP contribution in [0.25, 0.3) is 0 Å². The van der Waals surface area contributed by atoms with Gasteiger partial charge in [0.25, 0.3) is 0 Å². The molecule has 0 radical (unpaired) electrons. The molecule has 2 N–H and O–H groups in total. The molecule has 0 aliphatic carbocycles. The van der Waals surface area contributed by atoms with E-state index >= 15 is 0 Å². The zero-order valence-corrected chi connectivity index (χ0v) is 12.4. The summed E-state index contributed by atoms with van der Waals surface area (Å²) in [4.78, 5) is 0.917. The first-order valence-corrected chi connectivity index (χ1v) is 7.17. The van der Waals surface area contributed by atoms with Crippen molar-refractivity contribution in [3.8, 4) is 5.75 Å². The van der Waals surface area contributed by atoms with E-state index in [-0.39, 0.29) is 17.2 Å². The Kier molecular flexibility index (Phi) is 4.68. The highest BCUT2D eigenvalue weighted by Gasteiger charge is 2.20. The highest BCUT2D eigenvalue weighted by molar-refractivity contribution is 7.16. The molecule has 19 heavy (non-hydrogen) atoms. The Bertz CT molecular complexity index is 574. The van der Waals surface area contributed by atoms with Crippen LogP contribution in [0, 0.1) is 5.82 Å². The first-order chi connectivity index (χ1) is 8.97. The highest BCUT2D eigenvalue weighted by atomic mass is 35.5. The molecule has 1 aromatic heterocycles. The van der Waals surface area contributed by atoms with Gasteiger partial charge in [0.2, 0.25) is 0 Å². The lowest BCUT2D eigenvalue weighted by atomic mass is 10.1. The van der Waals surface area contributed by atoms with Crippen LogP contribution in [0.4, 0.5) is 4.39 Å². The first-order valence-electron chi connectivity index (χ1n) is 5.60. The van der Waals surface area contributed by atoms with Crippen molar-refractivity contribution in [2.24, 2.45) is 5.73 Å². The molecule has 0 fully saturated rings. The van der Waals surface area contributed by atoms with E-state index in [4.69, 9.17) is 33.7 Å². The van der Waals surface area contributed by atoms with Gasteiger partial charge in [0.15, 0.2) is 0 Å². The zero-order chi connectivity index (χ0) is 14.0. The predicted molar refractivity (Wildman–Crippen MR) is 77.8 cm³/mol. The van der Waals surface area contributed by atoms with Crippen LogP contribution in [0.2, 0.25) is 9.36 Å². The summed E-state index contributed by atoms with van der Waals surface area (Å²) in [5.74, 6) is -0.0104. The van der Waals surface area contributed by atoms with Crippen molar-refractivity contribution in [1.29, 1.82) is 0 Å². The third-order valence-electron chi connectivity index (χ3n) is 2.51. The molecule has 0 saturated carbocycles. The van der Waals surface area contributed by atoms with Gasteiger partial charge in [-0.25, -0.2) is 4.39 Å². The Labute approximate surface area is 124 Å². The molecular formula is C13H12Cl2FNOS. The van der Waals surface area contributed by atoms with E-state index in [0.717, 1.165) is 4.88 Å². The summed E-state index contributed by atoms with van der Waals surface area (Å²) >= 11 is 13.0. The van der Waals surface area contributed by atoms with Gasteiger partial charge in [-0.05, 0) is 31.2 Å². The lowest BCUT2D eigenvalue weighted by Crippen LogP contribution is -2.28. The maximum Gasteiger partial charge on any atom is 0.148 e. The van der Waals surface area contributed by atoms with Gasteiger partial charge in [0.1, 0.15) is 17.7 Å². The molecule has 0 saturated heterocycles. The predicted octanol–water partition coefficient (Wildman–Crippen LogP) is 4.66. The molecule has 2 rings (SSSR count). The van der Waals surface area contributed by atoms with E-state index in [0.29, 0.717) is 10.1 Å². The van der Waals surface area contributed by atoms with Crippen LogP contribution >= 0.6 is 34.5 Å². The number of hydrogen-bond acceptors (Lipinski definition) is 3. The SMILES string of the molecule is CC(N)C(Oc1ccc(F)c(Cl)c1)c1ccc(Cl)s1. The summed E-state index contributed by atoms with van der Waals surface area (Å²) in [6, 6.07) is 7.63. The summed E-state index contributed by atoms with van der Waals surface area (Å²) in [6.07, 6.45) is -0.348. The fraction of sp³-hybridized carbons (Fsp3) is 0.231. The summed E-state index contributed by atoms with van der Waals surface area (Å²) < 4.78 is 19.5. The molecule has 0 bridgehead atoms. The Hall–Kier alpha value is -0.810. The largest absolute Gasteiger partial charge is 0.483 e. The Morgan fingerprint density at radius 2 is 2.00 bits per heavy atom. The number of thiophene rings is 1. The maximum absolute atomic E-state index is 13.1. The lowest BCUT2D eigenvalue weighted by Gasteiger charge is -2.21. The number of nitrogens with two attached hydrogens (primary N) is 1. The van der Waals surface area contributed by atoms with Gasteiger partial charge in [-0.1, -0.05) is 23.2 Å². The topological polar surface area (TPSA) is 35.2 Å². The summed E-state index contributed by atoms with van der Waals surface area (Å²) in [6.45, 7) is 1.84. The van der Waals surface area contributed by atoms with Gasteiger partial charge in [0.05, 0.1) is 9.36 Å². The molecule has 102 valence electrons. The van der Waals surface area contributed by atoms with Crippen molar-refractivity contribution in [2.45, 2.75) is 19.1 Å². The first kappa shape index (κ1) is 14.6. The van der Waals surface area contributed by atoms with Crippen LogP contribution in [0.15, 0.2) is 30.3 Å². The molecule has 1 aromatic carbocycles. The quantitative estimate of drug-likeness (QED) is 0.889. The van der Waals surface area contributed by atoms with Crippen molar-refractivity contribution in [3.63, 3.8) is 0 Å². The fourth-order valence-electron chi connectivity index (χ4n) is 1.60. The molecule has 2 nitrogen and oxygen atoms in total. The maximum atomic E-state index is 13.1. The average molecular weight is 320 g/mol. The van der Waals surface area contributed by atoms with Gasteiger partial charge in [-0.15, -0.1) is 11.3 Å². The monoisotopic (exact) mass is 319 g/mol. The van der Waals surface area contributed by atoms with Gasteiger partial charge >= 0.3 is 0 Å². The molecule has 6 heteroatoms.